The SMILES string of the molecule is O[C@H]1C(c2cccc3ccccc23)=c2ccccc2=CC1(c1ccccc1)c1ccccc1. The summed E-state index contributed by atoms with van der Waals surface area (Å²) < 4.78 is 0. The Morgan fingerprint density at radius 3 is 1.85 bits per heavy atom. The van der Waals surface area contributed by atoms with Crippen molar-refractivity contribution in [2.24, 2.45) is 0 Å². The largest absolute Gasteiger partial charge is 0.387 e. The number of aliphatic hydroxyl groups excluding tert-OH is 1. The van der Waals surface area contributed by atoms with Crippen LogP contribution in [0.15, 0.2) is 127 Å². The Hall–Kier alpha value is -3.94. The van der Waals surface area contributed by atoms with Gasteiger partial charge in [0.05, 0.1) is 11.5 Å². The van der Waals surface area contributed by atoms with Gasteiger partial charge < -0.3 is 5.11 Å². The van der Waals surface area contributed by atoms with E-state index in [1.165, 1.54) is 5.39 Å². The molecule has 0 bridgehead atoms. The number of rotatable bonds is 3. The molecule has 1 heteroatoms. The second kappa shape index (κ2) is 7.88. The first-order valence-corrected chi connectivity index (χ1v) is 11.4. The Kier molecular flexibility index (Phi) is 4.71. The first-order chi connectivity index (χ1) is 16.3. The second-order valence-electron chi connectivity index (χ2n) is 8.68. The lowest BCUT2D eigenvalue weighted by atomic mass is 9.64. The molecule has 0 saturated carbocycles. The van der Waals surface area contributed by atoms with Gasteiger partial charge in [0.2, 0.25) is 0 Å². The lowest BCUT2D eigenvalue weighted by molar-refractivity contribution is 0.186. The Bertz CT molecular complexity index is 1520. The second-order valence-corrected chi connectivity index (χ2v) is 8.68. The molecule has 1 nitrogen and oxygen atoms in total. The van der Waals surface area contributed by atoms with Crippen molar-refractivity contribution in [3.8, 4) is 0 Å². The zero-order chi connectivity index (χ0) is 22.3. The van der Waals surface area contributed by atoms with Gasteiger partial charge in [0.15, 0.2) is 0 Å². The summed E-state index contributed by atoms with van der Waals surface area (Å²) in [6.45, 7) is 0. The molecular weight excluding hydrogens is 400 g/mol. The molecule has 33 heavy (non-hydrogen) atoms. The molecule has 0 radical (unpaired) electrons. The summed E-state index contributed by atoms with van der Waals surface area (Å²) in [7, 11) is 0. The molecule has 0 aliphatic heterocycles. The predicted molar refractivity (Wildman–Crippen MR) is 136 cm³/mol. The molecule has 0 heterocycles. The lowest BCUT2D eigenvalue weighted by Gasteiger charge is -2.40. The normalized spacial score (nSPS) is 16.8. The van der Waals surface area contributed by atoms with Gasteiger partial charge >= 0.3 is 0 Å². The molecule has 0 aromatic heterocycles. The van der Waals surface area contributed by atoms with Crippen molar-refractivity contribution in [1.29, 1.82) is 0 Å². The maximum absolute atomic E-state index is 12.4. The van der Waals surface area contributed by atoms with Crippen molar-refractivity contribution in [3.63, 3.8) is 0 Å². The van der Waals surface area contributed by atoms with Gasteiger partial charge in [0.25, 0.3) is 0 Å². The molecule has 0 amide bonds. The van der Waals surface area contributed by atoms with Crippen LogP contribution in [0.25, 0.3) is 22.4 Å². The lowest BCUT2D eigenvalue weighted by Crippen LogP contribution is -2.49. The van der Waals surface area contributed by atoms with Crippen LogP contribution >= 0.6 is 0 Å². The van der Waals surface area contributed by atoms with Gasteiger partial charge in [-0.25, -0.2) is 0 Å². The summed E-state index contributed by atoms with van der Waals surface area (Å²) in [6.07, 6.45) is 1.50. The van der Waals surface area contributed by atoms with Crippen molar-refractivity contribution in [2.45, 2.75) is 11.5 Å². The Morgan fingerprint density at radius 1 is 0.545 bits per heavy atom. The standard InChI is InChI=1S/C32H24O/c33-31-30(29-21-11-14-23-12-7-9-19-27(23)29)28-20-10-8-13-24(28)22-32(31,25-15-3-1-4-16-25)26-17-5-2-6-18-26/h1-22,31,33H/t31-/m0/s1. The average Bonchev–Trinajstić information content (AvgIpc) is 2.89. The molecular formula is C32H24O. The quantitative estimate of drug-likeness (QED) is 0.423. The highest BCUT2D eigenvalue weighted by Gasteiger charge is 2.43. The van der Waals surface area contributed by atoms with Crippen LogP contribution in [-0.4, -0.2) is 11.2 Å². The van der Waals surface area contributed by atoms with Gasteiger partial charge in [-0.05, 0) is 43.5 Å². The third-order valence-corrected chi connectivity index (χ3v) is 6.92. The van der Waals surface area contributed by atoms with E-state index in [-0.39, 0.29) is 0 Å². The van der Waals surface area contributed by atoms with Crippen LogP contribution < -0.4 is 10.4 Å². The summed E-state index contributed by atoms with van der Waals surface area (Å²) in [5, 5.41) is 16.9. The number of fused-ring (bicyclic) bond motifs is 2. The van der Waals surface area contributed by atoms with Crippen molar-refractivity contribution >= 4 is 22.4 Å². The van der Waals surface area contributed by atoms with E-state index in [9.17, 15) is 5.11 Å². The molecule has 0 saturated heterocycles. The topological polar surface area (TPSA) is 20.2 Å². The predicted octanol–water partition coefficient (Wildman–Crippen LogP) is 5.18. The molecule has 5 aromatic rings. The van der Waals surface area contributed by atoms with E-state index in [0.29, 0.717) is 0 Å². The van der Waals surface area contributed by atoms with Crippen LogP contribution in [0.1, 0.15) is 16.7 Å². The highest BCUT2D eigenvalue weighted by atomic mass is 16.3. The fraction of sp³-hybridized carbons (Fsp3) is 0.0625. The van der Waals surface area contributed by atoms with E-state index in [4.69, 9.17) is 0 Å². The molecule has 0 fully saturated rings. The molecule has 0 spiro atoms. The maximum Gasteiger partial charge on any atom is 0.0974 e. The van der Waals surface area contributed by atoms with Crippen LogP contribution in [0.4, 0.5) is 0 Å². The van der Waals surface area contributed by atoms with E-state index >= 15 is 0 Å². The van der Waals surface area contributed by atoms with E-state index in [1.54, 1.807) is 0 Å². The fourth-order valence-corrected chi connectivity index (χ4v) is 5.40. The number of hydrogen-bond acceptors (Lipinski definition) is 1. The van der Waals surface area contributed by atoms with E-state index < -0.39 is 11.5 Å². The Balaban J connectivity index is 1.76. The van der Waals surface area contributed by atoms with Crippen molar-refractivity contribution in [2.75, 3.05) is 0 Å². The van der Waals surface area contributed by atoms with Crippen molar-refractivity contribution in [3.05, 3.63) is 155 Å². The zero-order valence-electron chi connectivity index (χ0n) is 18.2. The highest BCUT2D eigenvalue weighted by Crippen LogP contribution is 2.43. The third-order valence-electron chi connectivity index (χ3n) is 6.92. The highest BCUT2D eigenvalue weighted by molar-refractivity contribution is 5.96. The third kappa shape index (κ3) is 3.05. The van der Waals surface area contributed by atoms with Crippen molar-refractivity contribution in [1.82, 2.24) is 0 Å². The summed E-state index contributed by atoms with van der Waals surface area (Å²) in [4.78, 5) is 0. The van der Waals surface area contributed by atoms with Crippen LogP contribution in [0.5, 0.6) is 0 Å². The average molecular weight is 425 g/mol. The van der Waals surface area contributed by atoms with E-state index in [1.807, 2.05) is 12.1 Å². The molecule has 158 valence electrons. The molecule has 1 N–H and O–H groups in total. The number of benzene rings is 5. The summed E-state index contributed by atoms with van der Waals surface area (Å²) in [6, 6.07) is 44.0. The Morgan fingerprint density at radius 2 is 1.12 bits per heavy atom. The minimum atomic E-state index is -0.761. The smallest absolute Gasteiger partial charge is 0.0974 e. The van der Waals surface area contributed by atoms with Crippen LogP contribution in [0.3, 0.4) is 0 Å². The summed E-state index contributed by atoms with van der Waals surface area (Å²) in [5.74, 6) is 0. The fourth-order valence-electron chi connectivity index (χ4n) is 5.40. The monoisotopic (exact) mass is 424 g/mol. The minimum Gasteiger partial charge on any atom is -0.387 e. The van der Waals surface area contributed by atoms with Gasteiger partial charge in [-0.1, -0.05) is 133 Å². The molecule has 1 atom stereocenters. The van der Waals surface area contributed by atoms with Crippen LogP contribution in [0, 0.1) is 0 Å². The van der Waals surface area contributed by atoms with Gasteiger partial charge in [0, 0.05) is 0 Å². The zero-order valence-corrected chi connectivity index (χ0v) is 18.2. The first-order valence-electron chi connectivity index (χ1n) is 11.4. The van der Waals surface area contributed by atoms with Crippen LogP contribution in [0.2, 0.25) is 0 Å². The number of hydrogen-bond donors (Lipinski definition) is 1. The Labute approximate surface area is 193 Å². The van der Waals surface area contributed by atoms with Crippen LogP contribution in [-0.2, 0) is 5.41 Å². The van der Waals surface area contributed by atoms with Crippen molar-refractivity contribution < 1.29 is 5.11 Å². The molecule has 0 unspecified atom stereocenters. The van der Waals surface area contributed by atoms with E-state index in [2.05, 4.69) is 121 Å². The maximum atomic E-state index is 12.4. The van der Waals surface area contributed by atoms with E-state index in [0.717, 1.165) is 38.1 Å². The molecule has 6 rings (SSSR count). The summed E-state index contributed by atoms with van der Waals surface area (Å²) in [5.41, 5.74) is 3.50. The molecule has 1 aliphatic rings. The van der Waals surface area contributed by atoms with Gasteiger partial charge in [-0.15, -0.1) is 0 Å². The first kappa shape index (κ1) is 19.7. The van der Waals surface area contributed by atoms with Gasteiger partial charge in [-0.2, -0.15) is 0 Å². The van der Waals surface area contributed by atoms with Gasteiger partial charge in [-0.3, -0.25) is 0 Å². The minimum absolute atomic E-state index is 0.705. The number of aliphatic hydroxyl groups is 1. The molecule has 1 aliphatic carbocycles. The molecule has 5 aromatic carbocycles. The summed E-state index contributed by atoms with van der Waals surface area (Å²) >= 11 is 0. The van der Waals surface area contributed by atoms with Gasteiger partial charge in [0.1, 0.15) is 0 Å².